The summed E-state index contributed by atoms with van der Waals surface area (Å²) in [7, 11) is 0. The molecule has 0 aliphatic carbocycles. The number of fused-ring (bicyclic) bond motifs is 1. The van der Waals surface area contributed by atoms with E-state index in [2.05, 4.69) is 46.8 Å². The number of benzene rings is 1. The number of carbonyl (C=O) groups is 2. The van der Waals surface area contributed by atoms with E-state index in [1.165, 1.54) is 11.1 Å². The lowest BCUT2D eigenvalue weighted by Gasteiger charge is -2.29. The van der Waals surface area contributed by atoms with Crippen LogP contribution in [0.5, 0.6) is 0 Å². The summed E-state index contributed by atoms with van der Waals surface area (Å²) >= 11 is 0. The third-order valence-corrected chi connectivity index (χ3v) is 5.94. The second-order valence-electron chi connectivity index (χ2n) is 8.40. The Balaban J connectivity index is 1.35. The molecular weight excluding hydrogens is 376 g/mol. The maximum atomic E-state index is 12.5. The first-order valence-corrected chi connectivity index (χ1v) is 10.5. The molecule has 1 saturated heterocycles. The van der Waals surface area contributed by atoms with Crippen molar-refractivity contribution in [2.75, 3.05) is 0 Å². The molecule has 2 aromatic heterocycles. The van der Waals surface area contributed by atoms with Crippen molar-refractivity contribution in [2.24, 2.45) is 0 Å². The van der Waals surface area contributed by atoms with E-state index in [1.54, 1.807) is 0 Å². The second-order valence-corrected chi connectivity index (χ2v) is 8.40. The zero-order chi connectivity index (χ0) is 21.1. The number of imidazole rings is 1. The molecule has 1 unspecified atom stereocenters. The van der Waals surface area contributed by atoms with Crippen molar-refractivity contribution in [2.45, 2.75) is 58.0 Å². The van der Waals surface area contributed by atoms with Crippen molar-refractivity contribution in [1.29, 1.82) is 0 Å². The molecule has 1 atom stereocenters. The molecule has 3 heterocycles. The highest BCUT2D eigenvalue weighted by Crippen LogP contribution is 2.29. The van der Waals surface area contributed by atoms with E-state index in [1.807, 2.05) is 35.7 Å². The Morgan fingerprint density at radius 3 is 2.70 bits per heavy atom. The summed E-state index contributed by atoms with van der Waals surface area (Å²) in [5, 5.41) is 6.12. The fourth-order valence-electron chi connectivity index (χ4n) is 4.19. The van der Waals surface area contributed by atoms with Gasteiger partial charge in [-0.15, -0.1) is 0 Å². The van der Waals surface area contributed by atoms with Gasteiger partial charge < -0.3 is 15.0 Å². The van der Waals surface area contributed by atoms with Gasteiger partial charge in [-0.2, -0.15) is 0 Å². The number of pyridine rings is 1. The largest absolute Gasteiger partial charge is 0.350 e. The van der Waals surface area contributed by atoms with Crippen LogP contribution in [0.15, 0.2) is 48.7 Å². The van der Waals surface area contributed by atoms with Crippen molar-refractivity contribution >= 4 is 17.5 Å². The third kappa shape index (κ3) is 4.53. The molecule has 1 fully saturated rings. The number of aryl methyl sites for hydroxylation is 2. The Morgan fingerprint density at radius 1 is 1.20 bits per heavy atom. The summed E-state index contributed by atoms with van der Waals surface area (Å²) in [6, 6.07) is 14.3. The molecule has 0 spiro atoms. The lowest BCUT2D eigenvalue weighted by molar-refractivity contribution is -0.122. The van der Waals surface area contributed by atoms with Gasteiger partial charge in [0.2, 0.25) is 11.8 Å². The minimum Gasteiger partial charge on any atom is -0.350 e. The Bertz CT molecular complexity index is 1070. The summed E-state index contributed by atoms with van der Waals surface area (Å²) < 4.78 is 2.02. The second kappa shape index (κ2) is 8.30. The van der Waals surface area contributed by atoms with E-state index >= 15 is 0 Å². The van der Waals surface area contributed by atoms with Crippen LogP contribution >= 0.6 is 0 Å². The number of hydrogen-bond donors (Lipinski definition) is 2. The van der Waals surface area contributed by atoms with Crippen LogP contribution in [0.3, 0.4) is 0 Å². The minimum atomic E-state index is -0.343. The van der Waals surface area contributed by atoms with Gasteiger partial charge >= 0.3 is 0 Å². The topological polar surface area (TPSA) is 75.5 Å². The number of nitrogens with one attached hydrogen (secondary N) is 2. The first-order valence-electron chi connectivity index (χ1n) is 10.5. The minimum absolute atomic E-state index is 0.0202. The summed E-state index contributed by atoms with van der Waals surface area (Å²) in [5.74, 6) is 0.0517. The van der Waals surface area contributed by atoms with Gasteiger partial charge in [-0.25, -0.2) is 4.98 Å². The van der Waals surface area contributed by atoms with Crippen LogP contribution in [0.1, 0.15) is 48.2 Å². The van der Waals surface area contributed by atoms with E-state index in [9.17, 15) is 9.59 Å². The molecule has 2 amide bonds. The molecule has 1 aromatic carbocycles. The molecule has 3 aromatic rings. The van der Waals surface area contributed by atoms with Crippen molar-refractivity contribution in [3.05, 3.63) is 71.2 Å². The molecular formula is C24H28N4O2. The number of nitrogens with zero attached hydrogens (tertiary/aromatic N) is 2. The zero-order valence-corrected chi connectivity index (χ0v) is 17.6. The monoisotopic (exact) mass is 404 g/mol. The fraction of sp³-hybridized carbons (Fsp3) is 0.375. The molecule has 4 rings (SSSR count). The van der Waals surface area contributed by atoms with E-state index < -0.39 is 0 Å². The van der Waals surface area contributed by atoms with Crippen LogP contribution in [0.4, 0.5) is 0 Å². The molecule has 6 heteroatoms. The van der Waals surface area contributed by atoms with Gasteiger partial charge in [0.1, 0.15) is 5.65 Å². The lowest BCUT2D eigenvalue weighted by Crippen LogP contribution is -2.44. The van der Waals surface area contributed by atoms with Crippen LogP contribution in [0, 0.1) is 13.8 Å². The zero-order valence-electron chi connectivity index (χ0n) is 17.6. The van der Waals surface area contributed by atoms with Crippen LogP contribution in [-0.4, -0.2) is 26.7 Å². The average molecular weight is 405 g/mol. The summed E-state index contributed by atoms with van der Waals surface area (Å²) in [5.41, 5.74) is 4.87. The van der Waals surface area contributed by atoms with Gasteiger partial charge in [-0.05, 0) is 50.8 Å². The van der Waals surface area contributed by atoms with Gasteiger partial charge in [-0.1, -0.05) is 35.9 Å². The van der Waals surface area contributed by atoms with Crippen molar-refractivity contribution in [3.63, 3.8) is 0 Å². The van der Waals surface area contributed by atoms with E-state index in [-0.39, 0.29) is 17.4 Å². The number of rotatable bonds is 7. The van der Waals surface area contributed by atoms with Gasteiger partial charge in [-0.3, -0.25) is 9.59 Å². The van der Waals surface area contributed by atoms with Gasteiger partial charge in [0.25, 0.3) is 0 Å². The smallest absolute Gasteiger partial charge is 0.220 e. The highest BCUT2D eigenvalue weighted by molar-refractivity contribution is 5.80. The first kappa shape index (κ1) is 20.1. The molecule has 1 aliphatic rings. The highest BCUT2D eigenvalue weighted by atomic mass is 16.2. The van der Waals surface area contributed by atoms with Gasteiger partial charge in [0.05, 0.1) is 12.2 Å². The van der Waals surface area contributed by atoms with Crippen molar-refractivity contribution in [1.82, 2.24) is 20.0 Å². The van der Waals surface area contributed by atoms with Crippen LogP contribution in [-0.2, 0) is 22.6 Å². The van der Waals surface area contributed by atoms with Gasteiger partial charge in [0.15, 0.2) is 0 Å². The summed E-state index contributed by atoms with van der Waals surface area (Å²) in [6.45, 7) is 4.49. The predicted molar refractivity (Wildman–Crippen MR) is 116 cm³/mol. The van der Waals surface area contributed by atoms with Gasteiger partial charge in [0, 0.05) is 30.3 Å². The molecule has 1 aliphatic heterocycles. The average Bonchev–Trinajstić information content (AvgIpc) is 3.31. The van der Waals surface area contributed by atoms with E-state index in [0.29, 0.717) is 25.8 Å². The maximum absolute atomic E-state index is 12.5. The number of carbonyl (C=O) groups excluding carboxylic acids is 2. The Hall–Kier alpha value is -3.15. The molecule has 0 radical (unpaired) electrons. The van der Waals surface area contributed by atoms with Crippen molar-refractivity contribution in [3.8, 4) is 0 Å². The van der Waals surface area contributed by atoms with Crippen LogP contribution in [0.25, 0.3) is 5.65 Å². The molecule has 30 heavy (non-hydrogen) atoms. The molecule has 0 bridgehead atoms. The SMILES string of the molecule is Cc1ccc(CC2(CCC(=O)NCc3cn4c(C)cccc4n3)CCC(=O)N2)cc1. The number of aromatic nitrogens is 2. The maximum Gasteiger partial charge on any atom is 0.220 e. The lowest BCUT2D eigenvalue weighted by atomic mass is 9.84. The standard InChI is InChI=1S/C24H28N4O2/c1-17-6-8-19(9-7-17)14-24(13-11-23(30)27-24)12-10-22(29)25-15-20-16-28-18(2)4-3-5-21(28)26-20/h3-9,16H,10-15H2,1-2H3,(H,25,29)(H,27,30). The Kier molecular flexibility index (Phi) is 5.57. The number of hydrogen-bond acceptors (Lipinski definition) is 3. The molecule has 0 saturated carbocycles. The van der Waals surface area contributed by atoms with E-state index in [4.69, 9.17) is 0 Å². The predicted octanol–water partition coefficient (Wildman–Crippen LogP) is 3.24. The third-order valence-electron chi connectivity index (χ3n) is 5.94. The Labute approximate surface area is 176 Å². The molecule has 2 N–H and O–H groups in total. The number of amides is 2. The summed E-state index contributed by atoms with van der Waals surface area (Å²) in [6.07, 6.45) is 4.99. The fourth-order valence-corrected chi connectivity index (χ4v) is 4.19. The highest BCUT2D eigenvalue weighted by Gasteiger charge is 2.37. The Morgan fingerprint density at radius 2 is 2.00 bits per heavy atom. The normalized spacial score (nSPS) is 18.5. The van der Waals surface area contributed by atoms with Crippen molar-refractivity contribution < 1.29 is 9.59 Å². The quantitative estimate of drug-likeness (QED) is 0.635. The van der Waals surface area contributed by atoms with Crippen LogP contribution < -0.4 is 10.6 Å². The van der Waals surface area contributed by atoms with Crippen LogP contribution in [0.2, 0.25) is 0 Å². The molecule has 6 nitrogen and oxygen atoms in total. The molecule has 156 valence electrons. The first-order chi connectivity index (χ1) is 14.4. The summed E-state index contributed by atoms with van der Waals surface area (Å²) in [4.78, 5) is 29.0. The van der Waals surface area contributed by atoms with E-state index in [0.717, 1.165) is 29.9 Å².